The zero-order valence-corrected chi connectivity index (χ0v) is 13.9. The third-order valence-corrected chi connectivity index (χ3v) is 4.24. The molecule has 1 atom stereocenters. The van der Waals surface area contributed by atoms with E-state index in [0.29, 0.717) is 6.42 Å². The lowest BCUT2D eigenvalue weighted by Crippen LogP contribution is -2.42. The SMILES string of the molecule is Cn1nc(C(O)=C2C(=O)CCCC2=O)c(=O)n(C2=CCC(F)C=C2)c1=O. The minimum absolute atomic E-state index is 0.0108. The molecular weight excluding hydrogens is 345 g/mol. The molecule has 9 heteroatoms. The molecule has 1 saturated carbocycles. The standard InChI is InChI=1S/C17H16FN3O5/c1-20-17(26)21(10-7-5-9(18)6-8-10)16(25)14(19-20)15(24)13-11(22)3-2-4-12(13)23/h5,7-9,24H,2-4,6H2,1H3. The van der Waals surface area contributed by atoms with E-state index in [0.717, 1.165) is 9.25 Å². The summed E-state index contributed by atoms with van der Waals surface area (Å²) in [5.41, 5.74) is -2.71. The van der Waals surface area contributed by atoms with Crippen LogP contribution in [0, 0.1) is 0 Å². The summed E-state index contributed by atoms with van der Waals surface area (Å²) in [6.45, 7) is 0. The Balaban J connectivity index is 2.23. The number of aromatic nitrogens is 3. The largest absolute Gasteiger partial charge is 0.505 e. The fraction of sp³-hybridized carbons (Fsp3) is 0.353. The van der Waals surface area contributed by atoms with Crippen LogP contribution in [0.4, 0.5) is 4.39 Å². The van der Waals surface area contributed by atoms with Gasteiger partial charge in [0, 0.05) is 32.0 Å². The van der Waals surface area contributed by atoms with Crippen LogP contribution < -0.4 is 11.2 Å². The van der Waals surface area contributed by atoms with Crippen molar-refractivity contribution in [2.45, 2.75) is 31.9 Å². The summed E-state index contributed by atoms with van der Waals surface area (Å²) >= 11 is 0. The summed E-state index contributed by atoms with van der Waals surface area (Å²) < 4.78 is 14.8. The molecule has 3 rings (SSSR count). The van der Waals surface area contributed by atoms with Crippen molar-refractivity contribution in [1.82, 2.24) is 14.3 Å². The molecule has 1 unspecified atom stereocenters. The highest BCUT2D eigenvalue weighted by Crippen LogP contribution is 2.22. The summed E-state index contributed by atoms with van der Waals surface area (Å²) in [6.07, 6.45) is 3.17. The van der Waals surface area contributed by atoms with Gasteiger partial charge in [-0.3, -0.25) is 14.4 Å². The number of rotatable bonds is 2. The predicted molar refractivity (Wildman–Crippen MR) is 90.1 cm³/mol. The van der Waals surface area contributed by atoms with Gasteiger partial charge in [0.15, 0.2) is 23.0 Å². The second-order valence-corrected chi connectivity index (χ2v) is 6.06. The van der Waals surface area contributed by atoms with E-state index in [-0.39, 0.29) is 25.0 Å². The maximum Gasteiger partial charge on any atom is 0.351 e. The number of hydrogen-bond acceptors (Lipinski definition) is 6. The molecule has 2 aliphatic rings. The molecule has 0 radical (unpaired) electrons. The Morgan fingerprint density at radius 3 is 2.46 bits per heavy atom. The molecule has 0 aromatic carbocycles. The number of aliphatic hydroxyl groups excluding tert-OH is 1. The van der Waals surface area contributed by atoms with Crippen LogP contribution in [0.5, 0.6) is 0 Å². The first-order valence-corrected chi connectivity index (χ1v) is 8.04. The minimum Gasteiger partial charge on any atom is -0.505 e. The van der Waals surface area contributed by atoms with Crippen molar-refractivity contribution in [2.24, 2.45) is 7.05 Å². The van der Waals surface area contributed by atoms with Gasteiger partial charge in [-0.15, -0.1) is 0 Å². The molecule has 1 fully saturated rings. The van der Waals surface area contributed by atoms with Gasteiger partial charge in [-0.1, -0.05) is 6.08 Å². The van der Waals surface area contributed by atoms with E-state index in [4.69, 9.17) is 0 Å². The van der Waals surface area contributed by atoms with E-state index >= 15 is 0 Å². The average Bonchev–Trinajstić information content (AvgIpc) is 2.59. The van der Waals surface area contributed by atoms with Crippen molar-refractivity contribution < 1.29 is 19.1 Å². The monoisotopic (exact) mass is 361 g/mol. The van der Waals surface area contributed by atoms with Crippen LogP contribution >= 0.6 is 0 Å². The Bertz CT molecular complexity index is 994. The molecule has 0 spiro atoms. The second kappa shape index (κ2) is 6.66. The molecule has 0 amide bonds. The molecule has 1 aromatic heterocycles. The van der Waals surface area contributed by atoms with Gasteiger partial charge in [0.1, 0.15) is 11.7 Å². The van der Waals surface area contributed by atoms with Crippen molar-refractivity contribution in [3.05, 3.63) is 50.3 Å². The smallest absolute Gasteiger partial charge is 0.351 e. The highest BCUT2D eigenvalue weighted by molar-refractivity contribution is 6.25. The normalized spacial score (nSPS) is 20.3. The van der Waals surface area contributed by atoms with Gasteiger partial charge in [0.2, 0.25) is 0 Å². The molecular formula is C17H16FN3O5. The van der Waals surface area contributed by atoms with Crippen molar-refractivity contribution in [2.75, 3.05) is 0 Å². The first-order chi connectivity index (χ1) is 12.3. The molecule has 26 heavy (non-hydrogen) atoms. The molecule has 0 saturated heterocycles. The Labute approximate surface area is 146 Å². The Hall–Kier alpha value is -3.10. The summed E-state index contributed by atoms with van der Waals surface area (Å²) in [7, 11) is 1.26. The van der Waals surface area contributed by atoms with E-state index in [1.54, 1.807) is 0 Å². The van der Waals surface area contributed by atoms with E-state index in [1.165, 1.54) is 25.3 Å². The van der Waals surface area contributed by atoms with Crippen molar-refractivity contribution in [3.63, 3.8) is 0 Å². The zero-order chi connectivity index (χ0) is 19.0. The summed E-state index contributed by atoms with van der Waals surface area (Å²) in [4.78, 5) is 49.0. The number of nitrogens with zero attached hydrogens (tertiary/aromatic N) is 3. The van der Waals surface area contributed by atoms with E-state index in [2.05, 4.69) is 5.10 Å². The predicted octanol–water partition coefficient (Wildman–Crippen LogP) is 0.672. The Kier molecular flexibility index (Phi) is 4.54. The highest BCUT2D eigenvalue weighted by atomic mass is 19.1. The van der Waals surface area contributed by atoms with Crippen molar-refractivity contribution in [3.8, 4) is 0 Å². The van der Waals surface area contributed by atoms with Crippen LogP contribution in [0.15, 0.2) is 33.4 Å². The number of alkyl halides is 1. The molecule has 8 nitrogen and oxygen atoms in total. The number of carbonyl (C=O) groups is 2. The lowest BCUT2D eigenvalue weighted by molar-refractivity contribution is -0.123. The molecule has 1 N–H and O–H groups in total. The molecule has 1 aromatic rings. The number of ketones is 2. The molecule has 136 valence electrons. The van der Waals surface area contributed by atoms with Crippen LogP contribution in [0.2, 0.25) is 0 Å². The number of halogens is 1. The van der Waals surface area contributed by atoms with E-state index in [1.807, 2.05) is 0 Å². The first-order valence-electron chi connectivity index (χ1n) is 8.04. The van der Waals surface area contributed by atoms with E-state index < -0.39 is 46.0 Å². The Morgan fingerprint density at radius 1 is 1.23 bits per heavy atom. The number of allylic oxidation sites excluding steroid dienone is 5. The van der Waals surface area contributed by atoms with Gasteiger partial charge in [-0.25, -0.2) is 18.4 Å². The Morgan fingerprint density at radius 2 is 1.88 bits per heavy atom. The summed E-state index contributed by atoms with van der Waals surface area (Å²) in [6, 6.07) is 0. The van der Waals surface area contributed by atoms with Gasteiger partial charge in [-0.2, -0.15) is 5.10 Å². The van der Waals surface area contributed by atoms with Crippen LogP contribution in [-0.2, 0) is 16.6 Å². The third-order valence-electron chi connectivity index (χ3n) is 4.24. The quantitative estimate of drug-likeness (QED) is 0.471. The molecule has 0 aliphatic heterocycles. The third kappa shape index (κ3) is 2.96. The number of hydrogen-bond donors (Lipinski definition) is 1. The lowest BCUT2D eigenvalue weighted by atomic mass is 9.91. The van der Waals surface area contributed by atoms with Gasteiger partial charge >= 0.3 is 5.69 Å². The first kappa shape index (κ1) is 17.7. The molecule has 2 aliphatic carbocycles. The average molecular weight is 361 g/mol. The van der Waals surface area contributed by atoms with Crippen LogP contribution in [0.25, 0.3) is 11.5 Å². The van der Waals surface area contributed by atoms with E-state index in [9.17, 15) is 28.7 Å². The maximum atomic E-state index is 13.3. The summed E-state index contributed by atoms with van der Waals surface area (Å²) in [5, 5.41) is 14.1. The zero-order valence-electron chi connectivity index (χ0n) is 13.9. The molecule has 1 heterocycles. The molecule has 0 bridgehead atoms. The van der Waals surface area contributed by atoms with Crippen LogP contribution in [0.1, 0.15) is 31.4 Å². The van der Waals surface area contributed by atoms with Crippen molar-refractivity contribution >= 4 is 23.0 Å². The van der Waals surface area contributed by atoms with Crippen LogP contribution in [0.3, 0.4) is 0 Å². The van der Waals surface area contributed by atoms with Gasteiger partial charge < -0.3 is 5.11 Å². The second-order valence-electron chi connectivity index (χ2n) is 6.06. The number of Topliss-reactive ketones (excluding diaryl/α,β-unsaturated/α-hetero) is 2. The fourth-order valence-electron chi connectivity index (χ4n) is 2.90. The topological polar surface area (TPSA) is 111 Å². The summed E-state index contributed by atoms with van der Waals surface area (Å²) in [5.74, 6) is -1.98. The number of carbonyl (C=O) groups excluding carboxylic acids is 2. The minimum atomic E-state index is -1.22. The fourth-order valence-corrected chi connectivity index (χ4v) is 2.90. The van der Waals surface area contributed by atoms with Crippen LogP contribution in [-0.4, -0.2) is 37.2 Å². The maximum absolute atomic E-state index is 13.3. The highest BCUT2D eigenvalue weighted by Gasteiger charge is 2.30. The van der Waals surface area contributed by atoms with Gasteiger partial charge in [0.25, 0.3) is 5.56 Å². The number of aryl methyl sites for hydroxylation is 1. The number of aliphatic hydroxyl groups is 1. The van der Waals surface area contributed by atoms with Crippen molar-refractivity contribution in [1.29, 1.82) is 0 Å². The van der Waals surface area contributed by atoms with Gasteiger partial charge in [-0.05, 0) is 18.6 Å². The van der Waals surface area contributed by atoms with Gasteiger partial charge in [0.05, 0.1) is 0 Å². The lowest BCUT2D eigenvalue weighted by Gasteiger charge is -2.15.